The Morgan fingerprint density at radius 2 is 2.50 bits per heavy atom. The molecule has 14 heavy (non-hydrogen) atoms. The highest BCUT2D eigenvalue weighted by atomic mass is 16.5. The first-order valence-electron chi connectivity index (χ1n) is 4.27. The molecule has 0 aliphatic heterocycles. The van der Waals surface area contributed by atoms with Crippen molar-refractivity contribution in [3.8, 4) is 0 Å². The fourth-order valence-corrected chi connectivity index (χ4v) is 1.08. The third kappa shape index (κ3) is 2.29. The van der Waals surface area contributed by atoms with Crippen molar-refractivity contribution >= 4 is 5.97 Å². The van der Waals surface area contributed by atoms with Crippen LogP contribution in [0.3, 0.4) is 0 Å². The Bertz CT molecular complexity index is 311. The third-order valence-corrected chi connectivity index (χ3v) is 1.95. The second-order valence-electron chi connectivity index (χ2n) is 2.91. The molecule has 6 nitrogen and oxygen atoms in total. The zero-order valence-corrected chi connectivity index (χ0v) is 8.17. The molecule has 0 fully saturated rings. The standard InChI is InChI=1S/C8H13N3O3/c1-6(8(12)13)11-5-9-10-7(11)3-4-14-2/h5-6H,3-4H2,1-2H3,(H,12,13). The smallest absolute Gasteiger partial charge is 0.326 e. The summed E-state index contributed by atoms with van der Waals surface area (Å²) in [5.74, 6) is -0.273. The van der Waals surface area contributed by atoms with E-state index >= 15 is 0 Å². The van der Waals surface area contributed by atoms with Gasteiger partial charge in [0, 0.05) is 13.5 Å². The zero-order valence-electron chi connectivity index (χ0n) is 8.17. The molecule has 1 unspecified atom stereocenters. The van der Waals surface area contributed by atoms with Crippen LogP contribution in [-0.2, 0) is 16.0 Å². The Labute approximate surface area is 81.5 Å². The van der Waals surface area contributed by atoms with Crippen LogP contribution in [0, 0.1) is 0 Å². The maximum absolute atomic E-state index is 10.7. The van der Waals surface area contributed by atoms with Gasteiger partial charge in [0.1, 0.15) is 18.2 Å². The van der Waals surface area contributed by atoms with E-state index in [4.69, 9.17) is 9.84 Å². The van der Waals surface area contributed by atoms with Crippen LogP contribution < -0.4 is 0 Å². The van der Waals surface area contributed by atoms with Crippen LogP contribution >= 0.6 is 0 Å². The van der Waals surface area contributed by atoms with Gasteiger partial charge in [0.2, 0.25) is 0 Å². The molecule has 0 aliphatic carbocycles. The molecular formula is C8H13N3O3. The predicted octanol–water partition coefficient (Wildman–Crippen LogP) is 0.113. The number of rotatable bonds is 5. The number of aliphatic carboxylic acids is 1. The molecule has 0 aromatic carbocycles. The summed E-state index contributed by atoms with van der Waals surface area (Å²) in [7, 11) is 1.58. The number of methoxy groups -OCH3 is 1. The SMILES string of the molecule is COCCc1nncn1C(C)C(=O)O. The monoisotopic (exact) mass is 199 g/mol. The molecule has 1 N–H and O–H groups in total. The van der Waals surface area contributed by atoms with Crippen LogP contribution in [-0.4, -0.2) is 39.6 Å². The molecular weight excluding hydrogens is 186 g/mol. The minimum atomic E-state index is -0.900. The molecule has 0 saturated heterocycles. The van der Waals surface area contributed by atoms with E-state index in [1.54, 1.807) is 14.0 Å². The normalized spacial score (nSPS) is 12.7. The first-order valence-corrected chi connectivity index (χ1v) is 4.27. The summed E-state index contributed by atoms with van der Waals surface area (Å²) in [6.07, 6.45) is 1.98. The summed E-state index contributed by atoms with van der Waals surface area (Å²) in [6, 6.07) is -0.642. The van der Waals surface area contributed by atoms with Gasteiger partial charge in [-0.3, -0.25) is 0 Å². The average Bonchev–Trinajstić information content (AvgIpc) is 2.61. The quantitative estimate of drug-likeness (QED) is 0.728. The van der Waals surface area contributed by atoms with Gasteiger partial charge >= 0.3 is 5.97 Å². The average molecular weight is 199 g/mol. The van der Waals surface area contributed by atoms with Crippen LogP contribution in [0.2, 0.25) is 0 Å². The molecule has 1 aromatic rings. The molecule has 1 atom stereocenters. The van der Waals surface area contributed by atoms with Crippen LogP contribution in [0.4, 0.5) is 0 Å². The Morgan fingerprint density at radius 3 is 3.07 bits per heavy atom. The van der Waals surface area contributed by atoms with Crippen molar-refractivity contribution in [2.75, 3.05) is 13.7 Å². The molecule has 1 aromatic heterocycles. The van der Waals surface area contributed by atoms with Crippen molar-refractivity contribution in [2.24, 2.45) is 0 Å². The van der Waals surface area contributed by atoms with Gasteiger partial charge in [0.05, 0.1) is 6.61 Å². The molecule has 0 amide bonds. The van der Waals surface area contributed by atoms with Gasteiger partial charge in [0.25, 0.3) is 0 Å². The number of nitrogens with zero attached hydrogens (tertiary/aromatic N) is 3. The first kappa shape index (κ1) is 10.6. The van der Waals surface area contributed by atoms with E-state index in [-0.39, 0.29) is 0 Å². The largest absolute Gasteiger partial charge is 0.480 e. The maximum Gasteiger partial charge on any atom is 0.326 e. The zero-order chi connectivity index (χ0) is 10.6. The predicted molar refractivity (Wildman–Crippen MR) is 47.9 cm³/mol. The molecule has 1 rings (SSSR count). The Morgan fingerprint density at radius 1 is 1.79 bits per heavy atom. The molecule has 0 spiro atoms. The van der Waals surface area contributed by atoms with Crippen molar-refractivity contribution < 1.29 is 14.6 Å². The van der Waals surface area contributed by atoms with Gasteiger partial charge in [-0.2, -0.15) is 0 Å². The highest BCUT2D eigenvalue weighted by Gasteiger charge is 2.16. The maximum atomic E-state index is 10.7. The van der Waals surface area contributed by atoms with Gasteiger partial charge in [0.15, 0.2) is 0 Å². The number of carbonyl (C=O) groups is 1. The van der Waals surface area contributed by atoms with Gasteiger partial charge in [-0.25, -0.2) is 4.79 Å². The second kappa shape index (κ2) is 4.71. The summed E-state index contributed by atoms with van der Waals surface area (Å²) in [6.45, 7) is 2.09. The van der Waals surface area contributed by atoms with Gasteiger partial charge in [-0.1, -0.05) is 0 Å². The summed E-state index contributed by atoms with van der Waals surface area (Å²) in [5.41, 5.74) is 0. The van der Waals surface area contributed by atoms with E-state index in [9.17, 15) is 4.79 Å². The van der Waals surface area contributed by atoms with E-state index in [1.165, 1.54) is 10.9 Å². The van der Waals surface area contributed by atoms with E-state index in [0.717, 1.165) is 0 Å². The van der Waals surface area contributed by atoms with Crippen molar-refractivity contribution in [3.63, 3.8) is 0 Å². The van der Waals surface area contributed by atoms with Crippen LogP contribution in [0.1, 0.15) is 18.8 Å². The number of carboxylic acid groups (broad SMARTS) is 1. The van der Waals surface area contributed by atoms with Crippen LogP contribution in [0.5, 0.6) is 0 Å². The van der Waals surface area contributed by atoms with E-state index in [1.807, 2.05) is 0 Å². The topological polar surface area (TPSA) is 77.2 Å². The molecule has 0 saturated carbocycles. The Balaban J connectivity index is 2.76. The molecule has 0 radical (unpaired) electrons. The van der Waals surface area contributed by atoms with Crippen molar-refractivity contribution in [1.29, 1.82) is 0 Å². The highest BCUT2D eigenvalue weighted by Crippen LogP contribution is 2.08. The number of aromatic nitrogens is 3. The lowest BCUT2D eigenvalue weighted by Gasteiger charge is -2.09. The number of carboxylic acids is 1. The summed E-state index contributed by atoms with van der Waals surface area (Å²) < 4.78 is 6.41. The minimum absolute atomic E-state index is 0.505. The van der Waals surface area contributed by atoms with E-state index in [0.29, 0.717) is 18.9 Å². The van der Waals surface area contributed by atoms with Crippen molar-refractivity contribution in [2.45, 2.75) is 19.4 Å². The van der Waals surface area contributed by atoms with E-state index in [2.05, 4.69) is 10.2 Å². The lowest BCUT2D eigenvalue weighted by Crippen LogP contribution is -2.18. The molecule has 1 heterocycles. The molecule has 6 heteroatoms. The van der Waals surface area contributed by atoms with Gasteiger partial charge in [-0.05, 0) is 6.92 Å². The second-order valence-corrected chi connectivity index (χ2v) is 2.91. The fraction of sp³-hybridized carbons (Fsp3) is 0.625. The fourth-order valence-electron chi connectivity index (χ4n) is 1.08. The molecule has 78 valence electrons. The van der Waals surface area contributed by atoms with Crippen LogP contribution in [0.25, 0.3) is 0 Å². The number of hydrogen-bond acceptors (Lipinski definition) is 4. The lowest BCUT2D eigenvalue weighted by atomic mass is 10.3. The van der Waals surface area contributed by atoms with E-state index < -0.39 is 12.0 Å². The lowest BCUT2D eigenvalue weighted by molar-refractivity contribution is -0.140. The summed E-state index contributed by atoms with van der Waals surface area (Å²) in [4.78, 5) is 10.7. The number of ether oxygens (including phenoxy) is 1. The molecule has 0 aliphatic rings. The summed E-state index contributed by atoms with van der Waals surface area (Å²) >= 11 is 0. The summed E-state index contributed by atoms with van der Waals surface area (Å²) in [5, 5.41) is 16.3. The minimum Gasteiger partial charge on any atom is -0.480 e. The van der Waals surface area contributed by atoms with Gasteiger partial charge < -0.3 is 14.4 Å². The Kier molecular flexibility index (Phi) is 3.58. The third-order valence-electron chi connectivity index (χ3n) is 1.95. The van der Waals surface area contributed by atoms with Gasteiger partial charge in [-0.15, -0.1) is 10.2 Å². The number of hydrogen-bond donors (Lipinski definition) is 1. The Hall–Kier alpha value is -1.43. The first-order chi connectivity index (χ1) is 6.66. The van der Waals surface area contributed by atoms with Crippen molar-refractivity contribution in [1.82, 2.24) is 14.8 Å². The van der Waals surface area contributed by atoms with Crippen molar-refractivity contribution in [3.05, 3.63) is 12.2 Å². The molecule has 0 bridgehead atoms. The van der Waals surface area contributed by atoms with Crippen LogP contribution in [0.15, 0.2) is 6.33 Å². The highest BCUT2D eigenvalue weighted by molar-refractivity contribution is 5.71.